The highest BCUT2D eigenvalue weighted by Crippen LogP contribution is 2.33. The molecule has 0 saturated carbocycles. The molecule has 0 aromatic carbocycles. The Morgan fingerprint density at radius 3 is 2.50 bits per heavy atom. The molecule has 0 N–H and O–H groups in total. The van der Waals surface area contributed by atoms with Crippen LogP contribution in [0.4, 0.5) is 0 Å². The van der Waals surface area contributed by atoms with Crippen LogP contribution in [-0.4, -0.2) is 47.6 Å². The zero-order valence-corrected chi connectivity index (χ0v) is 10.0. The maximum atomic E-state index is 2.75. The van der Waals surface area contributed by atoms with Crippen LogP contribution in [0.25, 0.3) is 0 Å². The van der Waals surface area contributed by atoms with Gasteiger partial charge in [-0.3, -0.25) is 9.80 Å². The van der Waals surface area contributed by atoms with Crippen molar-refractivity contribution in [3.63, 3.8) is 0 Å². The fourth-order valence-electron chi connectivity index (χ4n) is 3.39. The molecule has 82 valence electrons. The Balaban J connectivity index is 2.15. The summed E-state index contributed by atoms with van der Waals surface area (Å²) in [6.07, 6.45) is 4.12. The number of hydrogen-bond acceptors (Lipinski definition) is 2. The molecule has 4 atom stereocenters. The van der Waals surface area contributed by atoms with Crippen molar-refractivity contribution in [3.8, 4) is 0 Å². The summed E-state index contributed by atoms with van der Waals surface area (Å²) in [7, 11) is 2.30. The van der Waals surface area contributed by atoms with Crippen molar-refractivity contribution < 1.29 is 0 Å². The van der Waals surface area contributed by atoms with Crippen molar-refractivity contribution in [2.24, 2.45) is 0 Å². The van der Waals surface area contributed by atoms with Crippen molar-refractivity contribution in [1.29, 1.82) is 0 Å². The van der Waals surface area contributed by atoms with E-state index in [1.54, 1.807) is 0 Å². The maximum absolute atomic E-state index is 2.75. The molecule has 2 nitrogen and oxygen atoms in total. The Morgan fingerprint density at radius 1 is 1.14 bits per heavy atom. The number of nitrogens with zero attached hydrogens (tertiary/aromatic N) is 2. The predicted molar refractivity (Wildman–Crippen MR) is 60.5 cm³/mol. The summed E-state index contributed by atoms with van der Waals surface area (Å²) in [5.74, 6) is 0. The van der Waals surface area contributed by atoms with E-state index in [9.17, 15) is 0 Å². The van der Waals surface area contributed by atoms with Crippen LogP contribution in [0.3, 0.4) is 0 Å². The number of hydrogen-bond donors (Lipinski definition) is 0. The minimum Gasteiger partial charge on any atom is -0.298 e. The first kappa shape index (κ1) is 10.4. The Bertz CT molecular complexity index is 204. The summed E-state index contributed by atoms with van der Waals surface area (Å²) in [6, 6.07) is 3.20. The lowest BCUT2D eigenvalue weighted by atomic mass is 9.97. The van der Waals surface area contributed by atoms with Crippen LogP contribution in [0.5, 0.6) is 0 Å². The molecule has 2 saturated heterocycles. The lowest BCUT2D eigenvalue weighted by molar-refractivity contribution is 0.00602. The average Bonchev–Trinajstić information content (AvgIpc) is 2.51. The SMILES string of the molecule is CCC1C2CCC(C)N2CC(C)N1C. The molecule has 4 unspecified atom stereocenters. The third kappa shape index (κ3) is 1.49. The maximum Gasteiger partial charge on any atom is 0.0255 e. The summed E-state index contributed by atoms with van der Waals surface area (Å²) in [5, 5.41) is 0. The molecule has 2 rings (SSSR count). The van der Waals surface area contributed by atoms with Crippen molar-refractivity contribution in [2.45, 2.75) is 64.2 Å². The van der Waals surface area contributed by atoms with Crippen molar-refractivity contribution in [1.82, 2.24) is 9.80 Å². The van der Waals surface area contributed by atoms with Gasteiger partial charge in [0.1, 0.15) is 0 Å². The molecule has 0 aromatic rings. The molecule has 2 heteroatoms. The number of fused-ring (bicyclic) bond motifs is 1. The summed E-state index contributed by atoms with van der Waals surface area (Å²) in [4.78, 5) is 5.35. The molecular formula is C12H24N2. The van der Waals surface area contributed by atoms with Gasteiger partial charge in [0.05, 0.1) is 0 Å². The molecule has 0 spiro atoms. The summed E-state index contributed by atoms with van der Waals surface area (Å²) < 4.78 is 0. The second-order valence-corrected chi connectivity index (χ2v) is 5.18. The lowest BCUT2D eigenvalue weighted by Gasteiger charge is -2.48. The Kier molecular flexibility index (Phi) is 2.85. The summed E-state index contributed by atoms with van der Waals surface area (Å²) in [5.41, 5.74) is 0. The highest BCUT2D eigenvalue weighted by Gasteiger charge is 2.42. The van der Waals surface area contributed by atoms with E-state index in [1.165, 1.54) is 25.8 Å². The number of piperazine rings is 1. The fraction of sp³-hybridized carbons (Fsp3) is 1.00. The van der Waals surface area contributed by atoms with Gasteiger partial charge in [-0.2, -0.15) is 0 Å². The van der Waals surface area contributed by atoms with E-state index < -0.39 is 0 Å². The third-order valence-electron chi connectivity index (χ3n) is 4.43. The zero-order chi connectivity index (χ0) is 10.3. The summed E-state index contributed by atoms with van der Waals surface area (Å²) in [6.45, 7) is 8.37. The second kappa shape index (κ2) is 3.82. The van der Waals surface area contributed by atoms with Crippen LogP contribution in [0.2, 0.25) is 0 Å². The predicted octanol–water partition coefficient (Wildman–Crippen LogP) is 1.95. The molecule has 0 radical (unpaired) electrons. The van der Waals surface area contributed by atoms with E-state index in [0.29, 0.717) is 0 Å². The van der Waals surface area contributed by atoms with Gasteiger partial charge in [-0.15, -0.1) is 0 Å². The van der Waals surface area contributed by atoms with E-state index in [4.69, 9.17) is 0 Å². The molecule has 2 fully saturated rings. The van der Waals surface area contributed by atoms with E-state index in [1.807, 2.05) is 0 Å². The Hall–Kier alpha value is -0.0800. The van der Waals surface area contributed by atoms with Gasteiger partial charge in [-0.1, -0.05) is 6.92 Å². The Morgan fingerprint density at radius 2 is 1.86 bits per heavy atom. The smallest absolute Gasteiger partial charge is 0.0255 e. The summed E-state index contributed by atoms with van der Waals surface area (Å²) >= 11 is 0. The first-order valence-electron chi connectivity index (χ1n) is 6.12. The highest BCUT2D eigenvalue weighted by atomic mass is 15.3. The monoisotopic (exact) mass is 196 g/mol. The van der Waals surface area contributed by atoms with Gasteiger partial charge in [0.25, 0.3) is 0 Å². The molecule has 0 bridgehead atoms. The number of rotatable bonds is 1. The number of likely N-dealkylation sites (N-methyl/N-ethyl adjacent to an activating group) is 1. The molecule has 0 aliphatic carbocycles. The first-order chi connectivity index (χ1) is 6.65. The average molecular weight is 196 g/mol. The van der Waals surface area contributed by atoms with E-state index in [2.05, 4.69) is 37.6 Å². The van der Waals surface area contributed by atoms with Crippen molar-refractivity contribution in [2.75, 3.05) is 13.6 Å². The van der Waals surface area contributed by atoms with Crippen molar-refractivity contribution >= 4 is 0 Å². The molecule has 2 aliphatic rings. The van der Waals surface area contributed by atoms with Crippen LogP contribution < -0.4 is 0 Å². The standard InChI is InChI=1S/C12H24N2/c1-5-11-12-7-6-9(2)14(12)8-10(3)13(11)4/h9-12H,5-8H2,1-4H3. The molecule has 0 aromatic heterocycles. The van der Waals surface area contributed by atoms with Gasteiger partial charge in [0, 0.05) is 30.7 Å². The van der Waals surface area contributed by atoms with Crippen LogP contribution in [0, 0.1) is 0 Å². The van der Waals surface area contributed by atoms with Gasteiger partial charge >= 0.3 is 0 Å². The van der Waals surface area contributed by atoms with E-state index in [-0.39, 0.29) is 0 Å². The minimum atomic E-state index is 0.733. The van der Waals surface area contributed by atoms with Gasteiger partial charge in [-0.05, 0) is 40.2 Å². The molecule has 2 heterocycles. The molecular weight excluding hydrogens is 172 g/mol. The van der Waals surface area contributed by atoms with E-state index >= 15 is 0 Å². The zero-order valence-electron chi connectivity index (χ0n) is 10.0. The van der Waals surface area contributed by atoms with Crippen LogP contribution in [0.1, 0.15) is 40.0 Å². The topological polar surface area (TPSA) is 6.48 Å². The van der Waals surface area contributed by atoms with Gasteiger partial charge in [-0.25, -0.2) is 0 Å². The largest absolute Gasteiger partial charge is 0.298 e. The van der Waals surface area contributed by atoms with Gasteiger partial charge in [0.2, 0.25) is 0 Å². The molecule has 14 heavy (non-hydrogen) atoms. The lowest BCUT2D eigenvalue weighted by Crippen LogP contribution is -2.60. The fourth-order valence-corrected chi connectivity index (χ4v) is 3.39. The first-order valence-corrected chi connectivity index (χ1v) is 6.12. The Labute approximate surface area is 88.3 Å². The molecule has 2 aliphatic heterocycles. The van der Waals surface area contributed by atoms with Crippen LogP contribution >= 0.6 is 0 Å². The molecule has 0 amide bonds. The van der Waals surface area contributed by atoms with Gasteiger partial charge < -0.3 is 0 Å². The van der Waals surface area contributed by atoms with E-state index in [0.717, 1.165) is 24.2 Å². The normalized spacial score (nSPS) is 45.4. The second-order valence-electron chi connectivity index (χ2n) is 5.18. The van der Waals surface area contributed by atoms with Crippen LogP contribution in [-0.2, 0) is 0 Å². The van der Waals surface area contributed by atoms with Crippen LogP contribution in [0.15, 0.2) is 0 Å². The quantitative estimate of drug-likeness (QED) is 0.632. The third-order valence-corrected chi connectivity index (χ3v) is 4.43. The highest BCUT2D eigenvalue weighted by molar-refractivity contribution is 4.99. The van der Waals surface area contributed by atoms with Crippen molar-refractivity contribution in [3.05, 3.63) is 0 Å². The minimum absolute atomic E-state index is 0.733. The van der Waals surface area contributed by atoms with Gasteiger partial charge in [0.15, 0.2) is 0 Å².